The van der Waals surface area contributed by atoms with Crippen LogP contribution in [0.15, 0.2) is 17.1 Å². The van der Waals surface area contributed by atoms with Crippen molar-refractivity contribution in [2.75, 3.05) is 6.61 Å². The number of ether oxygens (including phenoxy) is 1. The topological polar surface area (TPSA) is 76.2 Å². The molecule has 19 heavy (non-hydrogen) atoms. The maximum absolute atomic E-state index is 12.6. The molecular formula is C11H10F3NO4. The Hall–Kier alpha value is -2.12. The summed E-state index contributed by atoms with van der Waals surface area (Å²) in [6, 6.07) is 0.785. The standard InChI is InChI=1S/C11H10F3NO4/c1-2-19-8(18)5-7(17)9-6(16)3-4-15-10(9)11(12,13)14/h3-4H,2,5H2,1H3,(H,15,16). The molecule has 0 fully saturated rings. The van der Waals surface area contributed by atoms with Crippen LogP contribution in [0.2, 0.25) is 0 Å². The Morgan fingerprint density at radius 3 is 2.53 bits per heavy atom. The first-order valence-electron chi connectivity index (χ1n) is 5.25. The van der Waals surface area contributed by atoms with Gasteiger partial charge in [0, 0.05) is 12.3 Å². The van der Waals surface area contributed by atoms with Gasteiger partial charge in [0.15, 0.2) is 11.2 Å². The van der Waals surface area contributed by atoms with Crippen LogP contribution in [0, 0.1) is 0 Å². The van der Waals surface area contributed by atoms with Crippen LogP contribution in [0.3, 0.4) is 0 Å². The Morgan fingerprint density at radius 1 is 1.37 bits per heavy atom. The van der Waals surface area contributed by atoms with Crippen molar-refractivity contribution in [2.24, 2.45) is 0 Å². The third kappa shape index (κ3) is 3.67. The van der Waals surface area contributed by atoms with Gasteiger partial charge < -0.3 is 9.72 Å². The number of halogens is 3. The molecule has 0 atom stereocenters. The number of esters is 1. The van der Waals surface area contributed by atoms with E-state index in [2.05, 4.69) is 4.74 Å². The van der Waals surface area contributed by atoms with Gasteiger partial charge in [-0.2, -0.15) is 13.2 Å². The van der Waals surface area contributed by atoms with E-state index in [0.717, 1.165) is 12.3 Å². The monoisotopic (exact) mass is 277 g/mol. The molecular weight excluding hydrogens is 267 g/mol. The molecule has 104 valence electrons. The van der Waals surface area contributed by atoms with Gasteiger partial charge in [0.1, 0.15) is 12.1 Å². The average molecular weight is 277 g/mol. The lowest BCUT2D eigenvalue weighted by atomic mass is 10.1. The lowest BCUT2D eigenvalue weighted by molar-refractivity contribution is -0.143. The Bertz CT molecular complexity index is 548. The number of Topliss-reactive ketones (excluding diaryl/α,β-unsaturated/α-hetero) is 1. The van der Waals surface area contributed by atoms with E-state index >= 15 is 0 Å². The molecule has 1 aromatic heterocycles. The minimum atomic E-state index is -4.89. The SMILES string of the molecule is CCOC(=O)CC(=O)c1c(C(F)(F)F)[nH]ccc1=O. The first kappa shape index (κ1) is 14.9. The van der Waals surface area contributed by atoms with E-state index in [-0.39, 0.29) is 6.61 Å². The van der Waals surface area contributed by atoms with Crippen LogP contribution >= 0.6 is 0 Å². The summed E-state index contributed by atoms with van der Waals surface area (Å²) in [5, 5.41) is 0. The molecule has 0 bridgehead atoms. The van der Waals surface area contributed by atoms with Crippen molar-refractivity contribution in [3.8, 4) is 0 Å². The molecule has 0 aliphatic heterocycles. The summed E-state index contributed by atoms with van der Waals surface area (Å²) in [5.41, 5.74) is -3.64. The second-order valence-corrected chi connectivity index (χ2v) is 3.49. The van der Waals surface area contributed by atoms with Crippen LogP contribution < -0.4 is 5.43 Å². The quantitative estimate of drug-likeness (QED) is 0.514. The van der Waals surface area contributed by atoms with Crippen molar-refractivity contribution < 1.29 is 27.5 Å². The number of carbonyl (C=O) groups excluding carboxylic acids is 2. The number of nitrogens with one attached hydrogen (secondary N) is 1. The third-order valence-electron chi connectivity index (χ3n) is 2.13. The van der Waals surface area contributed by atoms with Crippen molar-refractivity contribution in [2.45, 2.75) is 19.5 Å². The predicted octanol–water partition coefficient (Wildman–Crippen LogP) is 1.53. The van der Waals surface area contributed by atoms with Gasteiger partial charge in [0.05, 0.1) is 12.2 Å². The molecule has 0 unspecified atom stereocenters. The third-order valence-corrected chi connectivity index (χ3v) is 2.13. The largest absolute Gasteiger partial charge is 0.466 e. The average Bonchev–Trinajstić information content (AvgIpc) is 2.27. The number of H-pyrrole nitrogens is 1. The highest BCUT2D eigenvalue weighted by molar-refractivity contribution is 6.06. The lowest BCUT2D eigenvalue weighted by Crippen LogP contribution is -2.25. The van der Waals surface area contributed by atoms with E-state index < -0.39 is 41.0 Å². The molecule has 0 saturated carbocycles. The molecule has 0 amide bonds. The van der Waals surface area contributed by atoms with Gasteiger partial charge in [0.25, 0.3) is 0 Å². The van der Waals surface area contributed by atoms with Gasteiger partial charge in [-0.3, -0.25) is 14.4 Å². The molecule has 1 aromatic rings. The van der Waals surface area contributed by atoms with Crippen LogP contribution in [0.5, 0.6) is 0 Å². The van der Waals surface area contributed by atoms with Crippen molar-refractivity contribution in [1.82, 2.24) is 4.98 Å². The smallest absolute Gasteiger partial charge is 0.432 e. The van der Waals surface area contributed by atoms with E-state index in [0.29, 0.717) is 0 Å². The first-order chi connectivity index (χ1) is 8.77. The minimum Gasteiger partial charge on any atom is -0.466 e. The van der Waals surface area contributed by atoms with E-state index in [1.54, 1.807) is 4.98 Å². The molecule has 1 heterocycles. The van der Waals surface area contributed by atoms with E-state index in [1.165, 1.54) is 6.92 Å². The van der Waals surface area contributed by atoms with Gasteiger partial charge in [-0.05, 0) is 6.92 Å². The summed E-state index contributed by atoms with van der Waals surface area (Å²) in [6.45, 7) is 1.47. The highest BCUT2D eigenvalue weighted by Crippen LogP contribution is 2.29. The van der Waals surface area contributed by atoms with Gasteiger partial charge >= 0.3 is 12.1 Å². The summed E-state index contributed by atoms with van der Waals surface area (Å²) in [5.74, 6) is -2.21. The lowest BCUT2D eigenvalue weighted by Gasteiger charge is -2.10. The number of carbonyl (C=O) groups is 2. The van der Waals surface area contributed by atoms with Crippen LogP contribution in [-0.2, 0) is 15.7 Å². The summed E-state index contributed by atoms with van der Waals surface area (Å²) in [7, 11) is 0. The molecule has 0 spiro atoms. The zero-order chi connectivity index (χ0) is 14.6. The Kier molecular flexibility index (Phi) is 4.47. The fourth-order valence-corrected chi connectivity index (χ4v) is 1.41. The number of rotatable bonds is 4. The molecule has 1 N–H and O–H groups in total. The van der Waals surface area contributed by atoms with Crippen LogP contribution in [0.4, 0.5) is 13.2 Å². The van der Waals surface area contributed by atoms with E-state index in [1.807, 2.05) is 0 Å². The maximum Gasteiger partial charge on any atom is 0.432 e. The normalized spacial score (nSPS) is 11.2. The summed E-state index contributed by atoms with van der Waals surface area (Å²) >= 11 is 0. The molecule has 0 radical (unpaired) electrons. The van der Waals surface area contributed by atoms with Crippen molar-refractivity contribution >= 4 is 11.8 Å². The Labute approximate surface area is 105 Å². The maximum atomic E-state index is 12.6. The molecule has 8 heteroatoms. The highest BCUT2D eigenvalue weighted by atomic mass is 19.4. The minimum absolute atomic E-state index is 0.0105. The number of aromatic nitrogens is 1. The zero-order valence-electron chi connectivity index (χ0n) is 9.84. The zero-order valence-corrected chi connectivity index (χ0v) is 9.84. The van der Waals surface area contributed by atoms with Crippen LogP contribution in [0.25, 0.3) is 0 Å². The van der Waals surface area contributed by atoms with Gasteiger partial charge in [-0.25, -0.2) is 0 Å². The molecule has 5 nitrogen and oxygen atoms in total. The summed E-state index contributed by atoms with van der Waals surface area (Å²) in [6.07, 6.45) is -5.02. The predicted molar refractivity (Wildman–Crippen MR) is 57.6 cm³/mol. The van der Waals surface area contributed by atoms with Crippen molar-refractivity contribution in [3.63, 3.8) is 0 Å². The van der Waals surface area contributed by atoms with Gasteiger partial charge in [0.2, 0.25) is 0 Å². The van der Waals surface area contributed by atoms with Gasteiger partial charge in [-0.15, -0.1) is 0 Å². The number of hydrogen-bond acceptors (Lipinski definition) is 4. The fourth-order valence-electron chi connectivity index (χ4n) is 1.41. The van der Waals surface area contributed by atoms with Crippen molar-refractivity contribution in [1.29, 1.82) is 0 Å². The van der Waals surface area contributed by atoms with Crippen LogP contribution in [-0.4, -0.2) is 23.3 Å². The van der Waals surface area contributed by atoms with E-state index in [4.69, 9.17) is 0 Å². The number of hydrogen-bond donors (Lipinski definition) is 1. The summed E-state index contributed by atoms with van der Waals surface area (Å²) < 4.78 is 42.4. The molecule has 0 saturated heterocycles. The Morgan fingerprint density at radius 2 is 2.00 bits per heavy atom. The Balaban J connectivity index is 3.16. The number of alkyl halides is 3. The number of pyridine rings is 1. The number of aromatic amines is 1. The highest BCUT2D eigenvalue weighted by Gasteiger charge is 2.37. The van der Waals surface area contributed by atoms with Crippen molar-refractivity contribution in [3.05, 3.63) is 33.7 Å². The second kappa shape index (κ2) is 5.68. The summed E-state index contributed by atoms with van der Waals surface area (Å²) in [4.78, 5) is 35.8. The fraction of sp³-hybridized carbons (Fsp3) is 0.364. The molecule has 0 aliphatic carbocycles. The molecule has 1 rings (SSSR count). The van der Waals surface area contributed by atoms with Crippen LogP contribution in [0.1, 0.15) is 29.4 Å². The second-order valence-electron chi connectivity index (χ2n) is 3.49. The first-order valence-corrected chi connectivity index (χ1v) is 5.25. The number of ketones is 1. The van der Waals surface area contributed by atoms with Gasteiger partial charge in [-0.1, -0.05) is 0 Å². The van der Waals surface area contributed by atoms with E-state index in [9.17, 15) is 27.6 Å². The molecule has 0 aromatic carbocycles. The molecule has 0 aliphatic rings.